The van der Waals surface area contributed by atoms with E-state index >= 15 is 0 Å². The lowest BCUT2D eigenvalue weighted by atomic mass is 10.1. The molecule has 4 aromatic rings. The number of rotatable bonds is 4. The van der Waals surface area contributed by atoms with Gasteiger partial charge in [-0.3, -0.25) is 9.20 Å². The van der Waals surface area contributed by atoms with Gasteiger partial charge in [0.2, 0.25) is 5.78 Å². The van der Waals surface area contributed by atoms with Crippen molar-refractivity contribution in [2.45, 2.75) is 19.3 Å². The third kappa shape index (κ3) is 2.28. The minimum Gasteiger partial charge on any atom is -0.549 e. The van der Waals surface area contributed by atoms with Crippen molar-refractivity contribution in [1.29, 1.82) is 0 Å². The first-order chi connectivity index (χ1) is 12.6. The molecule has 2 heterocycles. The van der Waals surface area contributed by atoms with Crippen LogP contribution in [0, 0.1) is 0 Å². The van der Waals surface area contributed by atoms with Gasteiger partial charge in [-0.25, -0.2) is 4.57 Å². The standard InChI is InChI=1S/C19H16N4O3/c1-2-13(18(25)26)16-20-21-19-22(12-8-4-3-5-9-12)17(24)14-10-6-7-11-15(14)23(16)19/h3-11,13H,2H2,1H3,(H,25,26)/p-1. The maximum absolute atomic E-state index is 13.1. The molecule has 7 heteroatoms. The van der Waals surface area contributed by atoms with Crippen LogP contribution in [0.2, 0.25) is 0 Å². The molecule has 0 N–H and O–H groups in total. The van der Waals surface area contributed by atoms with E-state index in [0.29, 0.717) is 23.0 Å². The molecule has 26 heavy (non-hydrogen) atoms. The molecule has 7 nitrogen and oxygen atoms in total. The lowest BCUT2D eigenvalue weighted by Crippen LogP contribution is -2.31. The topological polar surface area (TPSA) is 92.3 Å². The van der Waals surface area contributed by atoms with Gasteiger partial charge in [-0.05, 0) is 30.7 Å². The summed E-state index contributed by atoms with van der Waals surface area (Å²) in [5, 5.41) is 20.3. The van der Waals surface area contributed by atoms with E-state index in [9.17, 15) is 14.7 Å². The summed E-state index contributed by atoms with van der Waals surface area (Å²) >= 11 is 0. The van der Waals surface area contributed by atoms with Crippen LogP contribution in [-0.4, -0.2) is 25.1 Å². The van der Waals surface area contributed by atoms with Crippen molar-refractivity contribution >= 4 is 22.6 Å². The number of fused-ring (bicyclic) bond motifs is 3. The Morgan fingerprint density at radius 1 is 1.08 bits per heavy atom. The maximum atomic E-state index is 13.1. The first-order valence-corrected chi connectivity index (χ1v) is 8.28. The number of carboxylic acids is 1. The van der Waals surface area contributed by atoms with Crippen LogP contribution in [0.3, 0.4) is 0 Å². The van der Waals surface area contributed by atoms with Gasteiger partial charge >= 0.3 is 0 Å². The molecule has 0 amide bonds. The van der Waals surface area contributed by atoms with E-state index in [1.54, 1.807) is 47.7 Å². The van der Waals surface area contributed by atoms with Gasteiger partial charge in [0.15, 0.2) is 0 Å². The predicted molar refractivity (Wildman–Crippen MR) is 94.1 cm³/mol. The average molecular weight is 347 g/mol. The zero-order valence-corrected chi connectivity index (χ0v) is 14.0. The molecule has 0 saturated heterocycles. The molecular formula is C19H15N4O3-. The molecule has 0 radical (unpaired) electrons. The predicted octanol–water partition coefficient (Wildman–Crippen LogP) is 1.28. The van der Waals surface area contributed by atoms with E-state index in [-0.39, 0.29) is 17.2 Å². The Morgan fingerprint density at radius 3 is 2.46 bits per heavy atom. The fourth-order valence-corrected chi connectivity index (χ4v) is 3.21. The lowest BCUT2D eigenvalue weighted by molar-refractivity contribution is -0.308. The van der Waals surface area contributed by atoms with Crippen LogP contribution in [0.25, 0.3) is 22.4 Å². The summed E-state index contributed by atoms with van der Waals surface area (Å²) in [5.74, 6) is -1.61. The molecule has 1 unspecified atom stereocenters. The maximum Gasteiger partial charge on any atom is 0.267 e. The third-order valence-electron chi connectivity index (χ3n) is 4.47. The molecule has 0 aliphatic rings. The fourth-order valence-electron chi connectivity index (χ4n) is 3.21. The Labute approximate surface area is 148 Å². The van der Waals surface area contributed by atoms with Crippen LogP contribution in [0.4, 0.5) is 0 Å². The SMILES string of the molecule is CCC(C(=O)[O-])c1nnc2n(-c3ccccc3)c(=O)c3ccccc3n12. The molecule has 0 fully saturated rings. The van der Waals surface area contributed by atoms with Crippen molar-refractivity contribution < 1.29 is 9.90 Å². The summed E-state index contributed by atoms with van der Waals surface area (Å²) in [6.07, 6.45) is 0.307. The van der Waals surface area contributed by atoms with Crippen LogP contribution in [0.5, 0.6) is 0 Å². The number of aliphatic carboxylic acids is 1. The van der Waals surface area contributed by atoms with Crippen LogP contribution < -0.4 is 10.7 Å². The minimum atomic E-state index is -1.22. The molecule has 0 spiro atoms. The van der Waals surface area contributed by atoms with Gasteiger partial charge in [-0.15, -0.1) is 10.2 Å². The normalized spacial score (nSPS) is 12.5. The monoisotopic (exact) mass is 347 g/mol. The second kappa shape index (κ2) is 6.11. The molecular weight excluding hydrogens is 332 g/mol. The van der Waals surface area contributed by atoms with Crippen molar-refractivity contribution in [3.8, 4) is 5.69 Å². The number of nitrogens with zero attached hydrogens (tertiary/aromatic N) is 4. The zero-order valence-electron chi connectivity index (χ0n) is 14.0. The van der Waals surface area contributed by atoms with Crippen LogP contribution >= 0.6 is 0 Å². The summed E-state index contributed by atoms with van der Waals surface area (Å²) in [4.78, 5) is 24.6. The average Bonchev–Trinajstić information content (AvgIpc) is 3.08. The second-order valence-corrected chi connectivity index (χ2v) is 5.97. The third-order valence-corrected chi connectivity index (χ3v) is 4.47. The smallest absolute Gasteiger partial charge is 0.267 e. The Bertz CT molecular complexity index is 1180. The van der Waals surface area contributed by atoms with Gasteiger partial charge in [-0.1, -0.05) is 37.3 Å². The summed E-state index contributed by atoms with van der Waals surface area (Å²) in [6, 6.07) is 16.1. The first kappa shape index (κ1) is 16.0. The van der Waals surface area contributed by atoms with E-state index in [4.69, 9.17) is 0 Å². The highest BCUT2D eigenvalue weighted by Crippen LogP contribution is 2.23. The number of para-hydroxylation sites is 2. The molecule has 1 atom stereocenters. The number of aromatic nitrogens is 4. The van der Waals surface area contributed by atoms with Gasteiger partial charge in [0.05, 0.1) is 28.5 Å². The number of carbonyl (C=O) groups is 1. The van der Waals surface area contributed by atoms with Crippen molar-refractivity contribution in [2.24, 2.45) is 0 Å². The highest BCUT2D eigenvalue weighted by atomic mass is 16.4. The quantitative estimate of drug-likeness (QED) is 0.554. The van der Waals surface area contributed by atoms with E-state index in [1.165, 1.54) is 4.57 Å². The Balaban J connectivity index is 2.20. The summed E-state index contributed by atoms with van der Waals surface area (Å²) < 4.78 is 3.08. The number of hydrogen-bond acceptors (Lipinski definition) is 5. The van der Waals surface area contributed by atoms with Gasteiger partial charge < -0.3 is 9.90 Å². The van der Waals surface area contributed by atoms with Crippen molar-refractivity contribution in [2.75, 3.05) is 0 Å². The Hall–Kier alpha value is -3.48. The van der Waals surface area contributed by atoms with Crippen LogP contribution in [0.1, 0.15) is 25.1 Å². The van der Waals surface area contributed by atoms with Gasteiger partial charge in [-0.2, -0.15) is 0 Å². The Kier molecular flexibility index (Phi) is 3.76. The van der Waals surface area contributed by atoms with E-state index < -0.39 is 11.9 Å². The van der Waals surface area contributed by atoms with Crippen molar-refractivity contribution in [1.82, 2.24) is 19.2 Å². The molecule has 0 saturated carbocycles. The highest BCUT2D eigenvalue weighted by molar-refractivity contribution is 5.82. The van der Waals surface area contributed by atoms with E-state index in [1.807, 2.05) is 18.2 Å². The fraction of sp³-hybridized carbons (Fsp3) is 0.158. The van der Waals surface area contributed by atoms with Crippen LogP contribution in [-0.2, 0) is 4.79 Å². The lowest BCUT2D eigenvalue weighted by Gasteiger charge is -2.16. The molecule has 2 aromatic carbocycles. The summed E-state index contributed by atoms with van der Waals surface area (Å²) in [6.45, 7) is 1.75. The minimum absolute atomic E-state index is 0.236. The molecule has 2 aromatic heterocycles. The second-order valence-electron chi connectivity index (χ2n) is 5.97. The van der Waals surface area contributed by atoms with Crippen LogP contribution in [0.15, 0.2) is 59.4 Å². The largest absolute Gasteiger partial charge is 0.549 e. The molecule has 130 valence electrons. The number of benzene rings is 2. The zero-order chi connectivity index (χ0) is 18.3. The van der Waals surface area contributed by atoms with E-state index in [0.717, 1.165) is 0 Å². The number of hydrogen-bond donors (Lipinski definition) is 0. The highest BCUT2D eigenvalue weighted by Gasteiger charge is 2.22. The summed E-state index contributed by atoms with van der Waals surface area (Å²) in [7, 11) is 0. The van der Waals surface area contributed by atoms with Gasteiger partial charge in [0.25, 0.3) is 5.56 Å². The summed E-state index contributed by atoms with van der Waals surface area (Å²) in [5.41, 5.74) is 0.966. The van der Waals surface area contributed by atoms with Gasteiger partial charge in [0, 0.05) is 0 Å². The van der Waals surface area contributed by atoms with Crippen molar-refractivity contribution in [3.63, 3.8) is 0 Å². The van der Waals surface area contributed by atoms with Crippen molar-refractivity contribution in [3.05, 3.63) is 70.8 Å². The molecule has 0 aliphatic carbocycles. The van der Waals surface area contributed by atoms with E-state index in [2.05, 4.69) is 10.2 Å². The van der Waals surface area contributed by atoms with Gasteiger partial charge in [0.1, 0.15) is 5.82 Å². The molecule has 0 bridgehead atoms. The first-order valence-electron chi connectivity index (χ1n) is 8.28. The number of carboxylic acid groups (broad SMARTS) is 1. The number of carbonyl (C=O) groups excluding carboxylic acids is 1. The molecule has 0 aliphatic heterocycles. The Morgan fingerprint density at radius 2 is 1.77 bits per heavy atom. The molecule has 4 rings (SSSR count).